The zero-order valence-corrected chi connectivity index (χ0v) is 18.9. The number of nitrogens with zero attached hydrogens (tertiary/aromatic N) is 2. The smallest absolute Gasteiger partial charge is 0.272 e. The molecule has 0 unspecified atom stereocenters. The van der Waals surface area contributed by atoms with Crippen LogP contribution in [0.3, 0.4) is 0 Å². The molecule has 35 heavy (non-hydrogen) atoms. The maximum absolute atomic E-state index is 13.2. The highest BCUT2D eigenvalue weighted by molar-refractivity contribution is 5.99. The standard InChI is InChI=1S/C26H23N5O4/c1-2-35-19-14-12-17(13-15-19)16-27-30-26(34)23(28-24(32)18-8-4-3-5-9-18)22-20-10-6-7-11-21(20)25(33)31-29-22/h3-16,23H,2H2,1H3,(H,28,32)(H,30,34)(H,31,33)/b27-16-/t23-/m0/s1. The van der Waals surface area contributed by atoms with Gasteiger partial charge in [-0.3, -0.25) is 14.4 Å². The lowest BCUT2D eigenvalue weighted by atomic mass is 10.0. The summed E-state index contributed by atoms with van der Waals surface area (Å²) < 4.78 is 5.41. The van der Waals surface area contributed by atoms with Crippen LogP contribution in [0.4, 0.5) is 0 Å². The Kier molecular flexibility index (Phi) is 7.27. The van der Waals surface area contributed by atoms with Gasteiger partial charge in [0.25, 0.3) is 17.4 Å². The molecule has 1 aromatic heterocycles. The molecule has 0 spiro atoms. The van der Waals surface area contributed by atoms with Crippen molar-refractivity contribution in [3.63, 3.8) is 0 Å². The fraction of sp³-hybridized carbons (Fsp3) is 0.115. The molecule has 0 radical (unpaired) electrons. The Labute approximate surface area is 200 Å². The summed E-state index contributed by atoms with van der Waals surface area (Å²) in [5.41, 5.74) is 3.37. The number of aromatic nitrogens is 2. The minimum Gasteiger partial charge on any atom is -0.494 e. The van der Waals surface area contributed by atoms with Gasteiger partial charge in [-0.1, -0.05) is 36.4 Å². The van der Waals surface area contributed by atoms with Crippen LogP contribution in [-0.2, 0) is 4.79 Å². The van der Waals surface area contributed by atoms with Crippen molar-refractivity contribution in [2.75, 3.05) is 6.61 Å². The lowest BCUT2D eigenvalue weighted by Crippen LogP contribution is -2.40. The average Bonchev–Trinajstić information content (AvgIpc) is 2.89. The number of hydrogen-bond acceptors (Lipinski definition) is 6. The molecule has 4 aromatic rings. The Hall–Kier alpha value is -4.79. The van der Waals surface area contributed by atoms with Gasteiger partial charge in [0.1, 0.15) is 11.4 Å². The van der Waals surface area contributed by atoms with Gasteiger partial charge < -0.3 is 10.1 Å². The van der Waals surface area contributed by atoms with Gasteiger partial charge in [0, 0.05) is 10.9 Å². The highest BCUT2D eigenvalue weighted by Gasteiger charge is 2.27. The summed E-state index contributed by atoms with van der Waals surface area (Å²) in [4.78, 5) is 38.3. The van der Waals surface area contributed by atoms with Crippen LogP contribution < -0.4 is 21.0 Å². The van der Waals surface area contributed by atoms with E-state index in [9.17, 15) is 14.4 Å². The van der Waals surface area contributed by atoms with E-state index < -0.39 is 23.4 Å². The number of rotatable bonds is 8. The van der Waals surface area contributed by atoms with Crippen molar-refractivity contribution in [2.24, 2.45) is 5.10 Å². The number of nitrogens with one attached hydrogen (secondary N) is 3. The van der Waals surface area contributed by atoms with Crippen molar-refractivity contribution in [1.82, 2.24) is 20.9 Å². The summed E-state index contributed by atoms with van der Waals surface area (Å²) in [6.07, 6.45) is 1.47. The zero-order valence-electron chi connectivity index (χ0n) is 18.9. The molecular weight excluding hydrogens is 446 g/mol. The lowest BCUT2D eigenvalue weighted by molar-refractivity contribution is -0.123. The quantitative estimate of drug-likeness (QED) is 0.270. The normalized spacial score (nSPS) is 11.8. The maximum Gasteiger partial charge on any atom is 0.272 e. The molecule has 4 rings (SSSR count). The molecule has 0 aliphatic carbocycles. The first kappa shape index (κ1) is 23.4. The first-order chi connectivity index (χ1) is 17.1. The molecule has 0 bridgehead atoms. The zero-order chi connectivity index (χ0) is 24.6. The number of ether oxygens (including phenoxy) is 1. The lowest BCUT2D eigenvalue weighted by Gasteiger charge is -2.18. The van der Waals surface area contributed by atoms with Crippen LogP contribution >= 0.6 is 0 Å². The Morgan fingerprint density at radius 2 is 1.69 bits per heavy atom. The topological polar surface area (TPSA) is 126 Å². The van der Waals surface area contributed by atoms with E-state index in [1.54, 1.807) is 78.9 Å². The second kappa shape index (κ2) is 10.9. The second-order valence-corrected chi connectivity index (χ2v) is 7.49. The van der Waals surface area contributed by atoms with Crippen LogP contribution in [0.5, 0.6) is 5.75 Å². The van der Waals surface area contributed by atoms with Crippen LogP contribution in [0.25, 0.3) is 10.8 Å². The van der Waals surface area contributed by atoms with Crippen molar-refractivity contribution in [1.29, 1.82) is 0 Å². The van der Waals surface area contributed by atoms with Crippen molar-refractivity contribution >= 4 is 28.8 Å². The van der Waals surface area contributed by atoms with E-state index in [0.717, 1.165) is 11.3 Å². The molecule has 9 heteroatoms. The van der Waals surface area contributed by atoms with Gasteiger partial charge in [0.2, 0.25) is 0 Å². The minimum atomic E-state index is -1.22. The van der Waals surface area contributed by atoms with Gasteiger partial charge in [-0.05, 0) is 55.0 Å². The number of fused-ring (bicyclic) bond motifs is 1. The predicted octanol–water partition coefficient (Wildman–Crippen LogP) is 2.94. The summed E-state index contributed by atoms with van der Waals surface area (Å²) in [5, 5.41) is 14.0. The average molecular weight is 470 g/mol. The minimum absolute atomic E-state index is 0.193. The SMILES string of the molecule is CCOc1ccc(/C=N\NC(=O)[C@@H](NC(=O)c2ccccc2)c2n[nH]c(=O)c3ccccc23)cc1. The third-order valence-electron chi connectivity index (χ3n) is 5.15. The summed E-state index contributed by atoms with van der Waals surface area (Å²) >= 11 is 0. The fourth-order valence-electron chi connectivity index (χ4n) is 3.47. The van der Waals surface area contributed by atoms with Crippen molar-refractivity contribution in [3.05, 3.63) is 106 Å². The van der Waals surface area contributed by atoms with Gasteiger partial charge in [-0.15, -0.1) is 0 Å². The molecule has 176 valence electrons. The molecular formula is C26H23N5O4. The number of carbonyl (C=O) groups is 2. The molecule has 3 N–H and O–H groups in total. The Morgan fingerprint density at radius 3 is 2.40 bits per heavy atom. The number of aromatic amines is 1. The van der Waals surface area contributed by atoms with Crippen LogP contribution in [0.2, 0.25) is 0 Å². The summed E-state index contributed by atoms with van der Waals surface area (Å²) in [7, 11) is 0. The van der Waals surface area contributed by atoms with Crippen LogP contribution in [0.1, 0.15) is 34.6 Å². The Bertz CT molecular complexity index is 1420. The number of hydrogen-bond donors (Lipinski definition) is 3. The molecule has 0 saturated heterocycles. The van der Waals surface area contributed by atoms with Crippen molar-refractivity contribution < 1.29 is 14.3 Å². The number of H-pyrrole nitrogens is 1. The first-order valence-electron chi connectivity index (χ1n) is 11.0. The van der Waals surface area contributed by atoms with Crippen LogP contribution in [-0.4, -0.2) is 34.8 Å². The highest BCUT2D eigenvalue weighted by Crippen LogP contribution is 2.20. The maximum atomic E-state index is 13.2. The number of amides is 2. The molecule has 0 fully saturated rings. The van der Waals surface area contributed by atoms with E-state index in [1.165, 1.54) is 6.21 Å². The molecule has 0 aliphatic rings. The molecule has 0 aliphatic heterocycles. The largest absolute Gasteiger partial charge is 0.494 e. The highest BCUT2D eigenvalue weighted by atomic mass is 16.5. The van der Waals surface area contributed by atoms with E-state index in [-0.39, 0.29) is 5.69 Å². The Morgan fingerprint density at radius 1 is 1.00 bits per heavy atom. The first-order valence-corrected chi connectivity index (χ1v) is 11.0. The molecule has 9 nitrogen and oxygen atoms in total. The third kappa shape index (κ3) is 5.59. The number of carbonyl (C=O) groups excluding carboxylic acids is 2. The van der Waals surface area contributed by atoms with Gasteiger partial charge >= 0.3 is 0 Å². The van der Waals surface area contributed by atoms with Crippen LogP contribution in [0.15, 0.2) is 88.8 Å². The van der Waals surface area contributed by atoms with Crippen LogP contribution in [0, 0.1) is 0 Å². The van der Waals surface area contributed by atoms with E-state index >= 15 is 0 Å². The van der Waals surface area contributed by atoms with E-state index in [2.05, 4.69) is 26.0 Å². The predicted molar refractivity (Wildman–Crippen MR) is 132 cm³/mol. The van der Waals surface area contributed by atoms with E-state index in [4.69, 9.17) is 4.74 Å². The summed E-state index contributed by atoms with van der Waals surface area (Å²) in [6.45, 7) is 2.46. The molecule has 1 heterocycles. The molecule has 3 aromatic carbocycles. The van der Waals surface area contributed by atoms with Crippen molar-refractivity contribution in [3.8, 4) is 5.75 Å². The number of hydrazone groups is 1. The van der Waals surface area contributed by atoms with Gasteiger partial charge in [0.05, 0.1) is 18.2 Å². The van der Waals surface area contributed by atoms with E-state index in [0.29, 0.717) is 22.9 Å². The molecule has 0 saturated carbocycles. The fourth-order valence-corrected chi connectivity index (χ4v) is 3.47. The van der Waals surface area contributed by atoms with Crippen molar-refractivity contribution in [2.45, 2.75) is 13.0 Å². The third-order valence-corrected chi connectivity index (χ3v) is 5.15. The van der Waals surface area contributed by atoms with E-state index in [1.807, 2.05) is 6.92 Å². The van der Waals surface area contributed by atoms with Gasteiger partial charge in [-0.25, -0.2) is 10.5 Å². The monoisotopic (exact) mass is 469 g/mol. The molecule has 1 atom stereocenters. The summed E-state index contributed by atoms with van der Waals surface area (Å²) in [5.74, 6) is -0.368. The summed E-state index contributed by atoms with van der Waals surface area (Å²) in [6, 6.07) is 21.2. The second-order valence-electron chi connectivity index (χ2n) is 7.49. The molecule has 2 amide bonds. The Balaban J connectivity index is 1.61. The number of benzene rings is 3. The van der Waals surface area contributed by atoms with Gasteiger partial charge in [-0.2, -0.15) is 10.2 Å². The van der Waals surface area contributed by atoms with Gasteiger partial charge in [0.15, 0.2) is 6.04 Å².